The van der Waals surface area contributed by atoms with Crippen molar-refractivity contribution in [3.8, 4) is 11.4 Å². The Balaban J connectivity index is 1.76. The summed E-state index contributed by atoms with van der Waals surface area (Å²) < 4.78 is 0. The second-order valence-corrected chi connectivity index (χ2v) is 6.08. The van der Waals surface area contributed by atoms with Crippen molar-refractivity contribution in [2.75, 3.05) is 37.7 Å². The van der Waals surface area contributed by atoms with Gasteiger partial charge in [0, 0.05) is 18.7 Å². The van der Waals surface area contributed by atoms with Crippen LogP contribution in [0.3, 0.4) is 0 Å². The number of nitrogen functional groups attached to an aromatic ring is 1. The molecule has 1 aromatic heterocycles. The quantitative estimate of drug-likeness (QED) is 0.908. The van der Waals surface area contributed by atoms with Gasteiger partial charge in [-0.05, 0) is 44.0 Å². The van der Waals surface area contributed by atoms with Gasteiger partial charge in [0.05, 0.1) is 0 Å². The van der Waals surface area contributed by atoms with Gasteiger partial charge in [0.25, 0.3) is 0 Å². The summed E-state index contributed by atoms with van der Waals surface area (Å²) in [6.07, 6.45) is 2.48. The van der Waals surface area contributed by atoms with Gasteiger partial charge in [-0.2, -0.15) is 0 Å². The molecule has 2 heterocycles. The predicted octanol–water partition coefficient (Wildman–Crippen LogP) is 2.97. The average Bonchev–Trinajstić information content (AvgIpc) is 2.61. The number of hydrogen-bond acceptors (Lipinski definition) is 5. The summed E-state index contributed by atoms with van der Waals surface area (Å²) in [4.78, 5) is 11.3. The number of nitrogens with one attached hydrogen (secondary N) is 1. The van der Waals surface area contributed by atoms with E-state index in [2.05, 4.69) is 51.4 Å². The maximum absolute atomic E-state index is 5.85. The van der Waals surface area contributed by atoms with Crippen molar-refractivity contribution in [2.45, 2.75) is 25.7 Å². The van der Waals surface area contributed by atoms with Crippen LogP contribution in [0.5, 0.6) is 0 Å². The number of piperidine rings is 1. The Kier molecular flexibility index (Phi) is 4.76. The van der Waals surface area contributed by atoms with E-state index in [1.807, 2.05) is 7.05 Å². The number of aromatic nitrogens is 2. The summed E-state index contributed by atoms with van der Waals surface area (Å²) in [6.45, 7) is 5.80. The van der Waals surface area contributed by atoms with Gasteiger partial charge in [0.1, 0.15) is 11.6 Å². The first-order chi connectivity index (χ1) is 11.2. The van der Waals surface area contributed by atoms with Crippen LogP contribution in [0.2, 0.25) is 0 Å². The highest BCUT2D eigenvalue weighted by atomic mass is 15.1. The molecule has 0 amide bonds. The molecule has 1 aliphatic rings. The lowest BCUT2D eigenvalue weighted by atomic mass is 9.89. The topological polar surface area (TPSA) is 67.1 Å². The van der Waals surface area contributed by atoms with E-state index < -0.39 is 0 Å². The molecule has 0 atom stereocenters. The molecule has 0 saturated carbocycles. The van der Waals surface area contributed by atoms with Gasteiger partial charge in [-0.15, -0.1) is 0 Å². The molecule has 3 N–H and O–H groups in total. The largest absolute Gasteiger partial charge is 0.384 e. The molecule has 0 unspecified atom stereocenters. The highest BCUT2D eigenvalue weighted by Crippen LogP contribution is 2.29. The number of rotatable bonds is 4. The molecule has 1 fully saturated rings. The minimum Gasteiger partial charge on any atom is -0.384 e. The fourth-order valence-electron chi connectivity index (χ4n) is 3.21. The van der Waals surface area contributed by atoms with Crippen LogP contribution in [0.4, 0.5) is 11.6 Å². The van der Waals surface area contributed by atoms with Crippen LogP contribution >= 0.6 is 0 Å². The van der Waals surface area contributed by atoms with E-state index in [0.29, 0.717) is 17.6 Å². The van der Waals surface area contributed by atoms with Crippen molar-refractivity contribution in [1.82, 2.24) is 14.9 Å². The molecule has 0 aliphatic carbocycles. The zero-order chi connectivity index (χ0) is 16.2. The third kappa shape index (κ3) is 3.62. The Hall–Kier alpha value is -2.14. The monoisotopic (exact) mass is 311 g/mol. The molecule has 23 heavy (non-hydrogen) atoms. The normalized spacial score (nSPS) is 16.4. The van der Waals surface area contributed by atoms with Gasteiger partial charge < -0.3 is 16.0 Å². The van der Waals surface area contributed by atoms with Crippen LogP contribution in [-0.4, -0.2) is 41.5 Å². The molecule has 0 spiro atoms. The smallest absolute Gasteiger partial charge is 0.163 e. The molecule has 122 valence electrons. The molecule has 5 nitrogen and oxygen atoms in total. The molecule has 1 aromatic carbocycles. The van der Waals surface area contributed by atoms with Crippen LogP contribution < -0.4 is 11.1 Å². The molecule has 1 saturated heterocycles. The summed E-state index contributed by atoms with van der Waals surface area (Å²) in [7, 11) is 1.83. The van der Waals surface area contributed by atoms with Crippen LogP contribution in [0.1, 0.15) is 31.2 Å². The predicted molar refractivity (Wildman–Crippen MR) is 95.5 cm³/mol. The van der Waals surface area contributed by atoms with Crippen molar-refractivity contribution in [2.24, 2.45) is 0 Å². The van der Waals surface area contributed by atoms with E-state index in [4.69, 9.17) is 5.73 Å². The van der Waals surface area contributed by atoms with Gasteiger partial charge in [-0.25, -0.2) is 9.97 Å². The fourth-order valence-corrected chi connectivity index (χ4v) is 3.21. The van der Waals surface area contributed by atoms with E-state index in [1.165, 1.54) is 31.5 Å². The van der Waals surface area contributed by atoms with Crippen molar-refractivity contribution < 1.29 is 0 Å². The standard InChI is InChI=1S/C18H25N5/c1-3-23-10-8-14(9-11-23)13-4-6-15(7-5-13)18-21-16(19)12-17(20-2)22-18/h4-7,12,14H,3,8-11H2,1-2H3,(H3,19,20,21,22). The minimum atomic E-state index is 0.482. The van der Waals surface area contributed by atoms with Gasteiger partial charge in [-0.1, -0.05) is 31.2 Å². The first-order valence-corrected chi connectivity index (χ1v) is 8.34. The minimum absolute atomic E-state index is 0.482. The van der Waals surface area contributed by atoms with E-state index in [9.17, 15) is 0 Å². The number of nitrogens with two attached hydrogens (primary N) is 1. The van der Waals surface area contributed by atoms with Crippen molar-refractivity contribution in [1.29, 1.82) is 0 Å². The Morgan fingerprint density at radius 3 is 2.48 bits per heavy atom. The number of anilines is 2. The molecular formula is C18H25N5. The van der Waals surface area contributed by atoms with Crippen molar-refractivity contribution in [3.63, 3.8) is 0 Å². The van der Waals surface area contributed by atoms with Gasteiger partial charge >= 0.3 is 0 Å². The Bertz CT molecular complexity index is 645. The molecular weight excluding hydrogens is 286 g/mol. The number of hydrogen-bond donors (Lipinski definition) is 2. The average molecular weight is 311 g/mol. The number of likely N-dealkylation sites (tertiary alicyclic amines) is 1. The Morgan fingerprint density at radius 1 is 1.17 bits per heavy atom. The van der Waals surface area contributed by atoms with Crippen LogP contribution in [-0.2, 0) is 0 Å². The second-order valence-electron chi connectivity index (χ2n) is 6.08. The summed E-state index contributed by atoms with van der Waals surface area (Å²) in [5.74, 6) is 2.56. The van der Waals surface area contributed by atoms with Crippen LogP contribution in [0, 0.1) is 0 Å². The van der Waals surface area contributed by atoms with Gasteiger partial charge in [0.15, 0.2) is 5.82 Å². The van der Waals surface area contributed by atoms with Gasteiger partial charge in [0.2, 0.25) is 0 Å². The third-order valence-electron chi connectivity index (χ3n) is 4.68. The Morgan fingerprint density at radius 2 is 1.87 bits per heavy atom. The molecule has 3 rings (SSSR count). The van der Waals surface area contributed by atoms with Crippen LogP contribution in [0.25, 0.3) is 11.4 Å². The van der Waals surface area contributed by atoms with Crippen molar-refractivity contribution in [3.05, 3.63) is 35.9 Å². The fraction of sp³-hybridized carbons (Fsp3) is 0.444. The number of nitrogens with zero attached hydrogens (tertiary/aromatic N) is 3. The lowest BCUT2D eigenvalue weighted by Gasteiger charge is -2.31. The maximum atomic E-state index is 5.85. The molecule has 5 heteroatoms. The first kappa shape index (κ1) is 15.7. The Labute approximate surface area is 137 Å². The second kappa shape index (κ2) is 6.96. The summed E-state index contributed by atoms with van der Waals surface area (Å²) in [5.41, 5.74) is 8.27. The van der Waals surface area contributed by atoms with Crippen LogP contribution in [0.15, 0.2) is 30.3 Å². The summed E-state index contributed by atoms with van der Waals surface area (Å²) in [5, 5.41) is 3.01. The molecule has 1 aliphatic heterocycles. The SMILES string of the molecule is CCN1CCC(c2ccc(-c3nc(N)cc(NC)n3)cc2)CC1. The van der Waals surface area contributed by atoms with E-state index in [0.717, 1.165) is 17.9 Å². The number of benzene rings is 1. The summed E-state index contributed by atoms with van der Waals surface area (Å²) in [6, 6.07) is 10.4. The highest BCUT2D eigenvalue weighted by molar-refractivity contribution is 5.60. The van der Waals surface area contributed by atoms with Crippen molar-refractivity contribution >= 4 is 11.6 Å². The van der Waals surface area contributed by atoms with Gasteiger partial charge in [-0.3, -0.25) is 0 Å². The highest BCUT2D eigenvalue weighted by Gasteiger charge is 2.19. The lowest BCUT2D eigenvalue weighted by Crippen LogP contribution is -2.32. The lowest BCUT2D eigenvalue weighted by molar-refractivity contribution is 0.222. The zero-order valence-corrected chi connectivity index (χ0v) is 13.9. The van der Waals surface area contributed by atoms with E-state index in [-0.39, 0.29) is 0 Å². The maximum Gasteiger partial charge on any atom is 0.163 e. The molecule has 0 bridgehead atoms. The van der Waals surface area contributed by atoms with E-state index in [1.54, 1.807) is 6.07 Å². The molecule has 2 aromatic rings. The first-order valence-electron chi connectivity index (χ1n) is 8.34. The summed E-state index contributed by atoms with van der Waals surface area (Å²) >= 11 is 0. The molecule has 0 radical (unpaired) electrons. The van der Waals surface area contributed by atoms with E-state index >= 15 is 0 Å². The third-order valence-corrected chi connectivity index (χ3v) is 4.68. The zero-order valence-electron chi connectivity index (χ0n) is 13.9.